The fraction of sp³-hybridized carbons (Fsp3) is 0.217. The van der Waals surface area contributed by atoms with Crippen molar-refractivity contribution in [3.63, 3.8) is 0 Å². The first-order chi connectivity index (χ1) is 14.2. The lowest BCUT2D eigenvalue weighted by Gasteiger charge is -2.32. The standard InChI is InChI=1S/C23H21FN4O/c24-18-9-7-15(8-10-18)23(29)28-11-3-5-17(14-28)20-13-22(27-26-20)21-12-16-4-1-2-6-19(16)25-21/h1-2,4,6-10,12-13,17,25H,3,5,11,14H2,(H,26,27). The molecule has 1 unspecified atom stereocenters. The average molecular weight is 388 g/mol. The van der Waals surface area contributed by atoms with E-state index in [-0.39, 0.29) is 17.6 Å². The molecule has 4 aromatic rings. The molecule has 2 aromatic heterocycles. The molecule has 3 heterocycles. The third-order valence-corrected chi connectivity index (χ3v) is 5.64. The van der Waals surface area contributed by atoms with E-state index < -0.39 is 0 Å². The highest BCUT2D eigenvalue weighted by atomic mass is 19.1. The van der Waals surface area contributed by atoms with Gasteiger partial charge in [-0.15, -0.1) is 0 Å². The molecule has 0 aliphatic carbocycles. The van der Waals surface area contributed by atoms with Crippen molar-refractivity contribution >= 4 is 16.8 Å². The molecule has 6 heteroatoms. The molecule has 1 fully saturated rings. The molecule has 0 bridgehead atoms. The monoisotopic (exact) mass is 388 g/mol. The van der Waals surface area contributed by atoms with Gasteiger partial charge in [0.2, 0.25) is 0 Å². The molecular weight excluding hydrogens is 367 g/mol. The summed E-state index contributed by atoms with van der Waals surface area (Å²) in [7, 11) is 0. The van der Waals surface area contributed by atoms with Crippen LogP contribution in [0.15, 0.2) is 60.7 Å². The minimum Gasteiger partial charge on any atom is -0.353 e. The van der Waals surface area contributed by atoms with Crippen LogP contribution in [0.5, 0.6) is 0 Å². The summed E-state index contributed by atoms with van der Waals surface area (Å²) in [5, 5.41) is 8.81. The highest BCUT2D eigenvalue weighted by Crippen LogP contribution is 2.30. The molecule has 29 heavy (non-hydrogen) atoms. The zero-order valence-corrected chi connectivity index (χ0v) is 15.9. The lowest BCUT2D eigenvalue weighted by atomic mass is 9.94. The van der Waals surface area contributed by atoms with Gasteiger partial charge in [0.1, 0.15) is 11.5 Å². The predicted octanol–water partition coefficient (Wildman–Crippen LogP) is 4.72. The summed E-state index contributed by atoms with van der Waals surface area (Å²) in [6.07, 6.45) is 1.93. The molecule has 5 nitrogen and oxygen atoms in total. The van der Waals surface area contributed by atoms with E-state index in [4.69, 9.17) is 0 Å². The molecule has 0 radical (unpaired) electrons. The van der Waals surface area contributed by atoms with Gasteiger partial charge in [-0.2, -0.15) is 5.10 Å². The zero-order valence-electron chi connectivity index (χ0n) is 15.9. The van der Waals surface area contributed by atoms with Gasteiger partial charge in [0.25, 0.3) is 5.91 Å². The molecular formula is C23H21FN4O. The van der Waals surface area contributed by atoms with Crippen molar-refractivity contribution in [3.8, 4) is 11.4 Å². The first-order valence-corrected chi connectivity index (χ1v) is 9.85. The van der Waals surface area contributed by atoms with Crippen molar-refractivity contribution in [2.75, 3.05) is 13.1 Å². The van der Waals surface area contributed by atoms with E-state index in [0.717, 1.165) is 47.4 Å². The zero-order chi connectivity index (χ0) is 19.8. The summed E-state index contributed by atoms with van der Waals surface area (Å²) in [6.45, 7) is 1.35. The van der Waals surface area contributed by atoms with E-state index in [9.17, 15) is 9.18 Å². The largest absolute Gasteiger partial charge is 0.353 e. The van der Waals surface area contributed by atoms with Crippen molar-refractivity contribution in [1.29, 1.82) is 0 Å². The summed E-state index contributed by atoms with van der Waals surface area (Å²) < 4.78 is 13.1. The average Bonchev–Trinajstić information content (AvgIpc) is 3.41. The first kappa shape index (κ1) is 17.7. The van der Waals surface area contributed by atoms with Crippen LogP contribution in [-0.2, 0) is 0 Å². The number of carbonyl (C=O) groups excluding carboxylic acids is 1. The van der Waals surface area contributed by atoms with Crippen LogP contribution in [-0.4, -0.2) is 39.1 Å². The Labute approximate surface area is 167 Å². The van der Waals surface area contributed by atoms with Crippen molar-refractivity contribution < 1.29 is 9.18 Å². The van der Waals surface area contributed by atoms with E-state index in [1.165, 1.54) is 12.1 Å². The van der Waals surface area contributed by atoms with Gasteiger partial charge in [0.15, 0.2) is 0 Å². The highest BCUT2D eigenvalue weighted by Gasteiger charge is 2.27. The molecule has 1 saturated heterocycles. The summed E-state index contributed by atoms with van der Waals surface area (Å²) in [6, 6.07) is 18.1. The number of amides is 1. The number of aromatic amines is 2. The number of halogens is 1. The normalized spacial score (nSPS) is 17.0. The molecule has 2 N–H and O–H groups in total. The van der Waals surface area contributed by atoms with Gasteiger partial charge in [-0.25, -0.2) is 4.39 Å². The fourth-order valence-electron chi connectivity index (χ4n) is 4.09. The second-order valence-electron chi connectivity index (χ2n) is 7.58. The van der Waals surface area contributed by atoms with Crippen LogP contribution in [0.2, 0.25) is 0 Å². The minimum atomic E-state index is -0.333. The van der Waals surface area contributed by atoms with Gasteiger partial charge >= 0.3 is 0 Å². The molecule has 2 aromatic carbocycles. The Balaban J connectivity index is 1.34. The van der Waals surface area contributed by atoms with Crippen LogP contribution in [0, 0.1) is 5.82 Å². The predicted molar refractivity (Wildman–Crippen MR) is 110 cm³/mol. The van der Waals surface area contributed by atoms with Gasteiger partial charge in [0, 0.05) is 41.2 Å². The lowest BCUT2D eigenvalue weighted by molar-refractivity contribution is 0.0706. The number of nitrogens with zero attached hydrogens (tertiary/aromatic N) is 2. The van der Waals surface area contributed by atoms with Crippen molar-refractivity contribution in [3.05, 3.63) is 77.7 Å². The molecule has 1 amide bonds. The number of rotatable bonds is 3. The SMILES string of the molecule is O=C(c1ccc(F)cc1)N1CCCC(c2cc(-c3cc4ccccc4[nH]3)n[nH]2)C1. The van der Waals surface area contributed by atoms with E-state index in [0.29, 0.717) is 12.1 Å². The second-order valence-corrected chi connectivity index (χ2v) is 7.58. The van der Waals surface area contributed by atoms with Gasteiger partial charge < -0.3 is 9.88 Å². The number of piperidine rings is 1. The number of hydrogen-bond donors (Lipinski definition) is 2. The summed E-state index contributed by atoms with van der Waals surface area (Å²) in [5.41, 5.74) is 4.49. The molecule has 5 rings (SSSR count). The lowest BCUT2D eigenvalue weighted by Crippen LogP contribution is -2.39. The molecule has 0 saturated carbocycles. The Hall–Kier alpha value is -3.41. The number of hydrogen-bond acceptors (Lipinski definition) is 2. The van der Waals surface area contributed by atoms with Crippen molar-refractivity contribution in [2.24, 2.45) is 0 Å². The third-order valence-electron chi connectivity index (χ3n) is 5.64. The van der Waals surface area contributed by atoms with Crippen LogP contribution in [0.1, 0.15) is 34.8 Å². The summed E-state index contributed by atoms with van der Waals surface area (Å²) >= 11 is 0. The van der Waals surface area contributed by atoms with Crippen molar-refractivity contribution in [1.82, 2.24) is 20.1 Å². The molecule has 1 aliphatic heterocycles. The van der Waals surface area contributed by atoms with Gasteiger partial charge in [-0.1, -0.05) is 18.2 Å². The quantitative estimate of drug-likeness (QED) is 0.533. The summed E-state index contributed by atoms with van der Waals surface area (Å²) in [5.74, 6) is -0.177. The minimum absolute atomic E-state index is 0.0509. The van der Waals surface area contributed by atoms with Crippen LogP contribution < -0.4 is 0 Å². The van der Waals surface area contributed by atoms with Crippen molar-refractivity contribution in [2.45, 2.75) is 18.8 Å². The number of nitrogens with one attached hydrogen (secondary N) is 2. The maximum atomic E-state index is 13.1. The van der Waals surface area contributed by atoms with Gasteiger partial charge in [-0.05, 0) is 55.3 Å². The summed E-state index contributed by atoms with van der Waals surface area (Å²) in [4.78, 5) is 18.0. The van der Waals surface area contributed by atoms with E-state index in [1.54, 1.807) is 12.1 Å². The van der Waals surface area contributed by atoms with E-state index in [1.807, 2.05) is 23.1 Å². The molecule has 146 valence electrons. The number of aromatic nitrogens is 3. The van der Waals surface area contributed by atoms with Crippen LogP contribution in [0.25, 0.3) is 22.3 Å². The molecule has 1 atom stereocenters. The fourth-order valence-corrected chi connectivity index (χ4v) is 4.09. The number of carbonyl (C=O) groups is 1. The van der Waals surface area contributed by atoms with Crippen LogP contribution in [0.3, 0.4) is 0 Å². The number of para-hydroxylation sites is 1. The maximum absolute atomic E-state index is 13.1. The number of H-pyrrole nitrogens is 2. The van der Waals surface area contributed by atoms with Crippen LogP contribution >= 0.6 is 0 Å². The van der Waals surface area contributed by atoms with E-state index in [2.05, 4.69) is 33.4 Å². The van der Waals surface area contributed by atoms with Gasteiger partial charge in [-0.3, -0.25) is 9.89 Å². The topological polar surface area (TPSA) is 64.8 Å². The smallest absolute Gasteiger partial charge is 0.253 e. The maximum Gasteiger partial charge on any atom is 0.253 e. The first-order valence-electron chi connectivity index (χ1n) is 9.85. The second kappa shape index (κ2) is 7.20. The number of fused-ring (bicyclic) bond motifs is 1. The number of benzene rings is 2. The highest BCUT2D eigenvalue weighted by molar-refractivity contribution is 5.94. The number of likely N-dealkylation sites (tertiary alicyclic amines) is 1. The van der Waals surface area contributed by atoms with Crippen LogP contribution in [0.4, 0.5) is 4.39 Å². The Bertz CT molecular complexity index is 1130. The Morgan fingerprint density at radius 2 is 1.93 bits per heavy atom. The molecule has 0 spiro atoms. The third kappa shape index (κ3) is 3.42. The molecule has 1 aliphatic rings. The Morgan fingerprint density at radius 3 is 2.76 bits per heavy atom. The Morgan fingerprint density at radius 1 is 1.10 bits per heavy atom. The van der Waals surface area contributed by atoms with Gasteiger partial charge in [0.05, 0.1) is 5.69 Å². The van der Waals surface area contributed by atoms with E-state index >= 15 is 0 Å². The Kier molecular flexibility index (Phi) is 4.39.